The lowest BCUT2D eigenvalue weighted by molar-refractivity contribution is 0.0757. The summed E-state index contributed by atoms with van der Waals surface area (Å²) < 4.78 is 0. The highest BCUT2D eigenvalue weighted by Gasteiger charge is 2.26. The normalized spacial score (nSPS) is 13.3. The molecular weight excluding hydrogens is 360 g/mol. The number of amides is 1. The minimum absolute atomic E-state index is 0.00713. The number of carbonyl (C=O) groups excluding carboxylic acids is 2. The third kappa shape index (κ3) is 3.83. The highest BCUT2D eigenvalue weighted by Crippen LogP contribution is 2.27. The van der Waals surface area contributed by atoms with Crippen molar-refractivity contribution in [3.63, 3.8) is 0 Å². The topological polar surface area (TPSA) is 63.4 Å². The Morgan fingerprint density at radius 1 is 0.931 bits per heavy atom. The molecule has 4 heteroatoms. The number of fused-ring (bicyclic) bond motifs is 1. The number of nitrogens with zero attached hydrogens (tertiary/aromatic N) is 1. The summed E-state index contributed by atoms with van der Waals surface area (Å²) in [5.41, 5.74) is 11.6. The summed E-state index contributed by atoms with van der Waals surface area (Å²) in [7, 11) is 0. The molecule has 1 aliphatic heterocycles. The van der Waals surface area contributed by atoms with Gasteiger partial charge in [0.15, 0.2) is 5.78 Å². The largest absolute Gasteiger partial charge is 0.398 e. The molecule has 29 heavy (non-hydrogen) atoms. The van der Waals surface area contributed by atoms with Crippen LogP contribution in [-0.4, -0.2) is 23.1 Å². The molecular formula is C25H22N2O2. The smallest absolute Gasteiger partial charge is 0.255 e. The van der Waals surface area contributed by atoms with E-state index < -0.39 is 0 Å². The molecule has 1 amide bonds. The van der Waals surface area contributed by atoms with Crippen molar-refractivity contribution in [2.24, 2.45) is 0 Å². The predicted octanol–water partition coefficient (Wildman–Crippen LogP) is 4.36. The highest BCUT2D eigenvalue weighted by molar-refractivity contribution is 6.02. The molecule has 4 nitrogen and oxygen atoms in total. The summed E-state index contributed by atoms with van der Waals surface area (Å²) in [6, 6.07) is 22.4. The van der Waals surface area contributed by atoms with Crippen molar-refractivity contribution in [3.8, 4) is 0 Å². The fourth-order valence-corrected chi connectivity index (χ4v) is 3.65. The van der Waals surface area contributed by atoms with Crippen LogP contribution in [0.2, 0.25) is 0 Å². The zero-order chi connectivity index (χ0) is 20.4. The third-order valence-corrected chi connectivity index (χ3v) is 5.26. The Bertz CT molecular complexity index is 1100. The molecule has 1 aliphatic rings. The molecule has 3 aromatic carbocycles. The van der Waals surface area contributed by atoms with E-state index in [1.807, 2.05) is 66.7 Å². The van der Waals surface area contributed by atoms with Gasteiger partial charge in [-0.3, -0.25) is 9.59 Å². The molecule has 0 saturated carbocycles. The third-order valence-electron chi connectivity index (χ3n) is 5.26. The van der Waals surface area contributed by atoms with Gasteiger partial charge < -0.3 is 10.6 Å². The molecule has 3 aromatic rings. The Kier molecular flexibility index (Phi) is 5.00. The zero-order valence-electron chi connectivity index (χ0n) is 16.1. The van der Waals surface area contributed by atoms with Crippen molar-refractivity contribution in [2.45, 2.75) is 13.0 Å². The van der Waals surface area contributed by atoms with Crippen LogP contribution in [0.25, 0.3) is 5.57 Å². The summed E-state index contributed by atoms with van der Waals surface area (Å²) in [5, 5.41) is 0. The van der Waals surface area contributed by atoms with Crippen molar-refractivity contribution < 1.29 is 9.59 Å². The van der Waals surface area contributed by atoms with Gasteiger partial charge in [-0.15, -0.1) is 0 Å². The predicted molar refractivity (Wildman–Crippen MR) is 116 cm³/mol. The van der Waals surface area contributed by atoms with Crippen molar-refractivity contribution in [2.75, 3.05) is 12.3 Å². The molecule has 0 bridgehead atoms. The minimum atomic E-state index is 0.00713. The lowest BCUT2D eigenvalue weighted by atomic mass is 9.95. The Hall–Kier alpha value is -3.66. The number of nitrogens with two attached hydrogens (primary N) is 1. The number of hydrogen-bond donors (Lipinski definition) is 1. The molecule has 2 N–H and O–H groups in total. The van der Waals surface area contributed by atoms with E-state index in [1.165, 1.54) is 0 Å². The van der Waals surface area contributed by atoms with Gasteiger partial charge in [0.2, 0.25) is 0 Å². The van der Waals surface area contributed by atoms with Gasteiger partial charge in [-0.05, 0) is 34.4 Å². The first-order valence-electron chi connectivity index (χ1n) is 9.55. The van der Waals surface area contributed by atoms with Gasteiger partial charge in [-0.1, -0.05) is 67.2 Å². The standard InChI is InChI=1S/C25H22N2O2/c1-17-15-27(25(29)22-8-4-3-7-21(17)22)16-18-10-12-19(13-11-18)24(28)14-20-6-2-5-9-23(20)26/h2-13H,1,14-16,26H2. The maximum absolute atomic E-state index is 12.8. The molecule has 0 radical (unpaired) electrons. The Morgan fingerprint density at radius 2 is 1.59 bits per heavy atom. The SMILES string of the molecule is C=C1CN(Cc2ccc(C(=O)Cc3ccccc3N)cc2)C(=O)c2ccccc21. The van der Waals surface area contributed by atoms with Gasteiger partial charge in [0.1, 0.15) is 0 Å². The van der Waals surface area contributed by atoms with Gasteiger partial charge in [-0.2, -0.15) is 0 Å². The first-order valence-corrected chi connectivity index (χ1v) is 9.55. The molecule has 0 spiro atoms. The lowest BCUT2D eigenvalue weighted by Gasteiger charge is -2.30. The number of nitrogen functional groups attached to an aromatic ring is 1. The second kappa shape index (κ2) is 7.76. The Morgan fingerprint density at radius 3 is 2.31 bits per heavy atom. The monoisotopic (exact) mass is 382 g/mol. The number of benzene rings is 3. The van der Waals surface area contributed by atoms with Crippen molar-refractivity contribution >= 4 is 23.0 Å². The number of hydrogen-bond acceptors (Lipinski definition) is 3. The summed E-state index contributed by atoms with van der Waals surface area (Å²) in [4.78, 5) is 27.1. The summed E-state index contributed by atoms with van der Waals surface area (Å²) in [6.45, 7) is 5.10. The molecule has 0 saturated heterocycles. The fourth-order valence-electron chi connectivity index (χ4n) is 3.65. The van der Waals surface area contributed by atoms with Crippen LogP contribution in [0.4, 0.5) is 5.69 Å². The number of anilines is 1. The maximum Gasteiger partial charge on any atom is 0.255 e. The van der Waals surface area contributed by atoms with E-state index >= 15 is 0 Å². The second-order valence-corrected chi connectivity index (χ2v) is 7.31. The average Bonchev–Trinajstić information content (AvgIpc) is 2.74. The molecule has 1 heterocycles. The Balaban J connectivity index is 1.46. The maximum atomic E-state index is 12.8. The van der Waals surface area contributed by atoms with Crippen LogP contribution in [0.5, 0.6) is 0 Å². The summed E-state index contributed by atoms with van der Waals surface area (Å²) in [6.07, 6.45) is 0.271. The van der Waals surface area contributed by atoms with Gasteiger partial charge in [-0.25, -0.2) is 0 Å². The van der Waals surface area contributed by atoms with Crippen molar-refractivity contribution in [1.29, 1.82) is 0 Å². The molecule has 0 aromatic heterocycles. The first-order chi connectivity index (χ1) is 14.0. The molecule has 0 fully saturated rings. The number of rotatable bonds is 5. The van der Waals surface area contributed by atoms with E-state index in [0.717, 1.165) is 22.3 Å². The van der Waals surface area contributed by atoms with E-state index in [9.17, 15) is 9.59 Å². The van der Waals surface area contributed by atoms with E-state index in [1.54, 1.807) is 11.0 Å². The van der Waals surface area contributed by atoms with Gasteiger partial charge in [0.25, 0.3) is 5.91 Å². The van der Waals surface area contributed by atoms with E-state index in [4.69, 9.17) is 5.73 Å². The van der Waals surface area contributed by atoms with Crippen molar-refractivity contribution in [1.82, 2.24) is 4.90 Å². The summed E-state index contributed by atoms with van der Waals surface area (Å²) >= 11 is 0. The molecule has 0 unspecified atom stereocenters. The van der Waals surface area contributed by atoms with Crippen LogP contribution in [0.15, 0.2) is 79.4 Å². The lowest BCUT2D eigenvalue weighted by Crippen LogP contribution is -2.36. The van der Waals surface area contributed by atoms with Crippen LogP contribution >= 0.6 is 0 Å². The average molecular weight is 382 g/mol. The van der Waals surface area contributed by atoms with Crippen LogP contribution in [0.3, 0.4) is 0 Å². The zero-order valence-corrected chi connectivity index (χ0v) is 16.1. The van der Waals surface area contributed by atoms with Crippen LogP contribution in [0.1, 0.15) is 37.4 Å². The fraction of sp³-hybridized carbons (Fsp3) is 0.120. The highest BCUT2D eigenvalue weighted by atomic mass is 16.2. The number of para-hydroxylation sites is 1. The first kappa shape index (κ1) is 18.7. The van der Waals surface area contributed by atoms with Crippen LogP contribution in [-0.2, 0) is 13.0 Å². The molecule has 0 atom stereocenters. The van der Waals surface area contributed by atoms with Crippen LogP contribution in [0, 0.1) is 0 Å². The number of Topliss-reactive ketones (excluding diaryl/α,β-unsaturated/α-hetero) is 1. The second-order valence-electron chi connectivity index (χ2n) is 7.31. The minimum Gasteiger partial charge on any atom is -0.398 e. The van der Waals surface area contributed by atoms with Crippen LogP contribution < -0.4 is 5.73 Å². The van der Waals surface area contributed by atoms with Gasteiger partial charge in [0.05, 0.1) is 0 Å². The molecule has 0 aliphatic carbocycles. The van der Waals surface area contributed by atoms with Gasteiger partial charge in [0, 0.05) is 36.3 Å². The van der Waals surface area contributed by atoms with Crippen molar-refractivity contribution in [3.05, 3.63) is 107 Å². The summed E-state index contributed by atoms with van der Waals surface area (Å²) in [5.74, 6) is 0.0264. The van der Waals surface area contributed by atoms with E-state index in [2.05, 4.69) is 6.58 Å². The molecule has 4 rings (SSSR count). The number of ketones is 1. The Labute approximate surface area is 170 Å². The van der Waals surface area contributed by atoms with E-state index in [0.29, 0.717) is 29.9 Å². The van der Waals surface area contributed by atoms with Gasteiger partial charge >= 0.3 is 0 Å². The molecule has 144 valence electrons. The van der Waals surface area contributed by atoms with E-state index in [-0.39, 0.29) is 18.1 Å². The number of carbonyl (C=O) groups is 2. The quantitative estimate of drug-likeness (QED) is 0.527.